The van der Waals surface area contributed by atoms with Crippen LogP contribution in [0.25, 0.3) is 0 Å². The van der Waals surface area contributed by atoms with Crippen molar-refractivity contribution in [1.29, 1.82) is 0 Å². The first-order valence-corrected chi connectivity index (χ1v) is 5.51. The zero-order chi connectivity index (χ0) is 16.2. The van der Waals surface area contributed by atoms with Crippen molar-refractivity contribution >= 4 is 11.8 Å². The molecule has 1 aromatic rings. The minimum absolute atomic E-state index is 0.218. The van der Waals surface area contributed by atoms with Gasteiger partial charge in [0.1, 0.15) is 0 Å². The van der Waals surface area contributed by atoms with Gasteiger partial charge in [-0.25, -0.2) is 0 Å². The summed E-state index contributed by atoms with van der Waals surface area (Å²) in [5, 5.41) is 31.2. The predicted octanol–water partition coefficient (Wildman–Crippen LogP) is 0.212. The van der Waals surface area contributed by atoms with Gasteiger partial charge in [-0.3, -0.25) is 9.59 Å². The van der Waals surface area contributed by atoms with Crippen LogP contribution in [0, 0.1) is 0 Å². The second-order valence-corrected chi connectivity index (χ2v) is 3.87. The topological polar surface area (TPSA) is 119 Å². The fourth-order valence-electron chi connectivity index (χ4n) is 1.29. The number of phenols is 3. The maximum absolute atomic E-state index is 11.8. The third-order valence-corrected chi connectivity index (χ3v) is 2.29. The molecule has 0 heterocycles. The van der Waals surface area contributed by atoms with Gasteiger partial charge in [-0.1, -0.05) is 0 Å². The highest BCUT2D eigenvalue weighted by Gasteiger charge is 2.38. The molecule has 10 heteroatoms. The van der Waals surface area contributed by atoms with Gasteiger partial charge < -0.3 is 26.0 Å². The Kier molecular flexibility index (Phi) is 4.84. The number of alkyl halides is 3. The van der Waals surface area contributed by atoms with Crippen LogP contribution in [0.1, 0.15) is 10.4 Å². The molecule has 2 amide bonds. The molecule has 7 nitrogen and oxygen atoms in total. The number of carbonyl (C=O) groups excluding carboxylic acids is 2. The van der Waals surface area contributed by atoms with E-state index in [1.54, 1.807) is 5.32 Å². The average molecular weight is 308 g/mol. The van der Waals surface area contributed by atoms with Crippen LogP contribution >= 0.6 is 0 Å². The quantitative estimate of drug-likeness (QED) is 0.402. The zero-order valence-corrected chi connectivity index (χ0v) is 10.4. The lowest BCUT2D eigenvalue weighted by atomic mass is 10.1. The number of nitrogens with one attached hydrogen (secondary N) is 2. The smallest absolute Gasteiger partial charge is 0.471 e. The molecule has 0 saturated heterocycles. The second kappa shape index (κ2) is 6.20. The number of rotatable bonds is 4. The maximum Gasteiger partial charge on any atom is 0.471 e. The largest absolute Gasteiger partial charge is 0.504 e. The Morgan fingerprint density at radius 2 is 1.48 bits per heavy atom. The van der Waals surface area contributed by atoms with Crippen LogP contribution < -0.4 is 10.6 Å². The summed E-state index contributed by atoms with van der Waals surface area (Å²) in [7, 11) is 0. The van der Waals surface area contributed by atoms with E-state index in [9.17, 15) is 33.0 Å². The normalized spacial score (nSPS) is 11.0. The summed E-state index contributed by atoms with van der Waals surface area (Å²) in [6.45, 7) is -0.761. The molecule has 0 fully saturated rings. The van der Waals surface area contributed by atoms with Crippen LogP contribution in [-0.4, -0.2) is 46.4 Å². The molecular formula is C11H11F3N2O5. The second-order valence-electron chi connectivity index (χ2n) is 3.87. The van der Waals surface area contributed by atoms with Crippen molar-refractivity contribution in [3.63, 3.8) is 0 Å². The van der Waals surface area contributed by atoms with E-state index in [0.717, 1.165) is 12.1 Å². The van der Waals surface area contributed by atoms with Crippen LogP contribution in [0.4, 0.5) is 13.2 Å². The number of carbonyl (C=O) groups is 2. The molecule has 1 aromatic carbocycles. The van der Waals surface area contributed by atoms with Gasteiger partial charge in [0.25, 0.3) is 5.91 Å². The van der Waals surface area contributed by atoms with E-state index in [-0.39, 0.29) is 12.1 Å². The van der Waals surface area contributed by atoms with Crippen molar-refractivity contribution in [2.45, 2.75) is 6.18 Å². The number of amides is 2. The molecular weight excluding hydrogens is 297 g/mol. The number of phenolic OH excluding ortho intramolecular Hbond substituents is 3. The lowest BCUT2D eigenvalue weighted by Crippen LogP contribution is -2.41. The Balaban J connectivity index is 2.50. The van der Waals surface area contributed by atoms with E-state index >= 15 is 0 Å². The molecule has 1 rings (SSSR count). The Hall–Kier alpha value is -2.65. The zero-order valence-electron chi connectivity index (χ0n) is 10.4. The molecule has 0 saturated carbocycles. The Morgan fingerprint density at radius 1 is 1.00 bits per heavy atom. The summed E-state index contributed by atoms with van der Waals surface area (Å²) < 4.78 is 35.5. The highest BCUT2D eigenvalue weighted by Crippen LogP contribution is 2.35. The molecule has 116 valence electrons. The highest BCUT2D eigenvalue weighted by atomic mass is 19.4. The molecule has 0 unspecified atom stereocenters. The molecule has 21 heavy (non-hydrogen) atoms. The molecule has 0 spiro atoms. The number of aromatic hydroxyl groups is 3. The number of benzene rings is 1. The number of hydrogen-bond acceptors (Lipinski definition) is 5. The van der Waals surface area contributed by atoms with Gasteiger partial charge in [0.05, 0.1) is 0 Å². The minimum Gasteiger partial charge on any atom is -0.504 e. The minimum atomic E-state index is -5.00. The van der Waals surface area contributed by atoms with Gasteiger partial charge in [0.2, 0.25) is 0 Å². The predicted molar refractivity (Wildman–Crippen MR) is 62.8 cm³/mol. The average Bonchev–Trinajstić information content (AvgIpc) is 2.38. The monoisotopic (exact) mass is 308 g/mol. The third kappa shape index (κ3) is 4.44. The van der Waals surface area contributed by atoms with E-state index in [0.29, 0.717) is 0 Å². The first kappa shape index (κ1) is 16.4. The summed E-state index contributed by atoms with van der Waals surface area (Å²) >= 11 is 0. The van der Waals surface area contributed by atoms with Crippen LogP contribution in [0.3, 0.4) is 0 Å². The lowest BCUT2D eigenvalue weighted by Gasteiger charge is -2.09. The van der Waals surface area contributed by atoms with Gasteiger partial charge in [0, 0.05) is 18.7 Å². The maximum atomic E-state index is 11.8. The van der Waals surface area contributed by atoms with E-state index < -0.39 is 41.8 Å². The lowest BCUT2D eigenvalue weighted by molar-refractivity contribution is -0.173. The molecule has 0 atom stereocenters. The Labute approximate surface area is 116 Å². The van der Waals surface area contributed by atoms with Crippen molar-refractivity contribution in [3.05, 3.63) is 17.7 Å². The Bertz CT molecular complexity index is 536. The fraction of sp³-hybridized carbons (Fsp3) is 0.273. The molecule has 0 bridgehead atoms. The molecule has 0 aliphatic carbocycles. The molecule has 0 radical (unpaired) electrons. The van der Waals surface area contributed by atoms with E-state index in [1.165, 1.54) is 0 Å². The van der Waals surface area contributed by atoms with Crippen molar-refractivity contribution in [3.8, 4) is 17.2 Å². The fourth-order valence-corrected chi connectivity index (χ4v) is 1.29. The molecule has 0 aromatic heterocycles. The van der Waals surface area contributed by atoms with Gasteiger partial charge in [0.15, 0.2) is 17.2 Å². The summed E-state index contributed by atoms with van der Waals surface area (Å²) in [5.41, 5.74) is -0.218. The molecule has 0 aliphatic heterocycles. The van der Waals surface area contributed by atoms with E-state index in [1.807, 2.05) is 0 Å². The van der Waals surface area contributed by atoms with E-state index in [2.05, 4.69) is 5.32 Å². The van der Waals surface area contributed by atoms with Crippen molar-refractivity contribution in [2.24, 2.45) is 0 Å². The van der Waals surface area contributed by atoms with Crippen LogP contribution in [-0.2, 0) is 4.79 Å². The summed E-state index contributed by atoms with van der Waals surface area (Å²) in [4.78, 5) is 22.0. The summed E-state index contributed by atoms with van der Waals surface area (Å²) in [6, 6.07) is 1.72. The highest BCUT2D eigenvalue weighted by molar-refractivity contribution is 5.95. The van der Waals surface area contributed by atoms with Crippen LogP contribution in [0.15, 0.2) is 12.1 Å². The number of halogens is 3. The van der Waals surface area contributed by atoms with Crippen molar-refractivity contribution in [1.82, 2.24) is 10.6 Å². The standard InChI is InChI=1S/C11H11F3N2O5/c12-11(13,14)10(21)16-2-1-15-9(20)5-3-6(17)8(19)7(18)4-5/h3-4,17-19H,1-2H2,(H,15,20)(H,16,21). The van der Waals surface area contributed by atoms with Gasteiger partial charge in [-0.2, -0.15) is 13.2 Å². The Morgan fingerprint density at radius 3 is 1.95 bits per heavy atom. The number of hydrogen-bond donors (Lipinski definition) is 5. The molecule has 0 aliphatic rings. The van der Waals surface area contributed by atoms with Gasteiger partial charge in [-0.05, 0) is 12.1 Å². The van der Waals surface area contributed by atoms with Gasteiger partial charge in [-0.15, -0.1) is 0 Å². The third-order valence-electron chi connectivity index (χ3n) is 2.29. The first-order valence-electron chi connectivity index (χ1n) is 5.51. The van der Waals surface area contributed by atoms with E-state index in [4.69, 9.17) is 5.11 Å². The molecule has 5 N–H and O–H groups in total. The van der Waals surface area contributed by atoms with Crippen LogP contribution in [0.2, 0.25) is 0 Å². The SMILES string of the molecule is O=C(NCCNC(=O)C(F)(F)F)c1cc(O)c(O)c(O)c1. The van der Waals surface area contributed by atoms with Crippen LogP contribution in [0.5, 0.6) is 17.2 Å². The first-order chi connectivity index (χ1) is 9.62. The summed E-state index contributed by atoms with van der Waals surface area (Å²) in [6.07, 6.45) is -5.00. The van der Waals surface area contributed by atoms with Gasteiger partial charge >= 0.3 is 12.1 Å². The summed E-state index contributed by atoms with van der Waals surface area (Å²) in [5.74, 6) is -5.21. The van der Waals surface area contributed by atoms with Crippen molar-refractivity contribution < 1.29 is 38.1 Å². The van der Waals surface area contributed by atoms with Crippen molar-refractivity contribution in [2.75, 3.05) is 13.1 Å².